The van der Waals surface area contributed by atoms with E-state index < -0.39 is 0 Å². The Morgan fingerprint density at radius 3 is 2.00 bits per heavy atom. The van der Waals surface area contributed by atoms with Crippen LogP contribution in [-0.2, 0) is 15.2 Å². The van der Waals surface area contributed by atoms with Gasteiger partial charge < -0.3 is 9.47 Å². The van der Waals surface area contributed by atoms with E-state index in [-0.39, 0.29) is 6.29 Å². The summed E-state index contributed by atoms with van der Waals surface area (Å²) in [7, 11) is 3.30. The van der Waals surface area contributed by atoms with Crippen LogP contribution in [-0.4, -0.2) is 14.2 Å². The van der Waals surface area contributed by atoms with E-state index in [2.05, 4.69) is 56.3 Å². The molecule has 2 rings (SSSR count). The molecule has 0 atom stereocenters. The van der Waals surface area contributed by atoms with Crippen molar-refractivity contribution in [1.29, 1.82) is 0 Å². The highest BCUT2D eigenvalue weighted by Gasteiger charge is 2.08. The number of benzene rings is 2. The van der Waals surface area contributed by atoms with Gasteiger partial charge in [-0.15, -0.1) is 11.8 Å². The van der Waals surface area contributed by atoms with Gasteiger partial charge in [-0.1, -0.05) is 30.3 Å². The van der Waals surface area contributed by atoms with Gasteiger partial charge in [0.15, 0.2) is 6.29 Å². The lowest BCUT2D eigenvalue weighted by Crippen LogP contribution is -2.03. The molecule has 0 spiro atoms. The summed E-state index contributed by atoms with van der Waals surface area (Å²) in [4.78, 5) is 1.26. The number of ether oxygens (including phenoxy) is 2. The normalized spacial score (nSPS) is 11.1. The maximum Gasteiger partial charge on any atom is 0.183 e. The first kappa shape index (κ1) is 16.1. The molecule has 2 aromatic rings. The van der Waals surface area contributed by atoms with Crippen LogP contribution in [0, 0.1) is 13.8 Å². The van der Waals surface area contributed by atoms with Gasteiger partial charge in [-0.2, -0.15) is 0 Å². The first-order valence-corrected chi connectivity index (χ1v) is 7.97. The van der Waals surface area contributed by atoms with Gasteiger partial charge in [0.1, 0.15) is 0 Å². The molecule has 0 aliphatic carbocycles. The van der Waals surface area contributed by atoms with Gasteiger partial charge in [0.25, 0.3) is 0 Å². The molecule has 0 unspecified atom stereocenters. The minimum Gasteiger partial charge on any atom is -0.352 e. The van der Waals surface area contributed by atoms with Crippen molar-refractivity contribution in [3.8, 4) is 0 Å². The summed E-state index contributed by atoms with van der Waals surface area (Å²) in [5, 5.41) is 0. The van der Waals surface area contributed by atoms with Crippen LogP contribution in [0.15, 0.2) is 47.4 Å². The van der Waals surface area contributed by atoms with Crippen LogP contribution in [0.5, 0.6) is 0 Å². The number of aryl methyl sites for hydroxylation is 2. The SMILES string of the molecule is COC(OC)c1ccc(SCc2c(C)cccc2C)cc1. The molecule has 3 heteroatoms. The van der Waals surface area contributed by atoms with Crippen molar-refractivity contribution in [2.45, 2.75) is 30.8 Å². The standard InChI is InChI=1S/C18H22O2S/c1-13-6-5-7-14(2)17(13)12-21-16-10-8-15(9-11-16)18(19-3)20-4/h5-11,18H,12H2,1-4H3. The molecule has 0 aromatic heterocycles. The summed E-state index contributed by atoms with van der Waals surface area (Å²) >= 11 is 1.86. The number of thioether (sulfide) groups is 1. The fourth-order valence-corrected chi connectivity index (χ4v) is 3.42. The highest BCUT2D eigenvalue weighted by atomic mass is 32.2. The zero-order chi connectivity index (χ0) is 15.2. The lowest BCUT2D eigenvalue weighted by Gasteiger charge is -2.14. The second-order valence-electron chi connectivity index (χ2n) is 5.03. The van der Waals surface area contributed by atoms with Crippen LogP contribution in [0.2, 0.25) is 0 Å². The van der Waals surface area contributed by atoms with E-state index in [1.807, 2.05) is 11.8 Å². The Morgan fingerprint density at radius 1 is 0.905 bits per heavy atom. The predicted molar refractivity (Wildman–Crippen MR) is 88.7 cm³/mol. The van der Waals surface area contributed by atoms with Crippen LogP contribution < -0.4 is 0 Å². The summed E-state index contributed by atoms with van der Waals surface area (Å²) in [5.74, 6) is 0.996. The third-order valence-corrected chi connectivity index (χ3v) is 4.65. The summed E-state index contributed by atoms with van der Waals surface area (Å²) in [6.45, 7) is 4.35. The number of hydrogen-bond acceptors (Lipinski definition) is 3. The summed E-state index contributed by atoms with van der Waals surface area (Å²) < 4.78 is 10.5. The molecule has 0 heterocycles. The topological polar surface area (TPSA) is 18.5 Å². The molecular weight excluding hydrogens is 280 g/mol. The van der Waals surface area contributed by atoms with Crippen LogP contribution in [0.4, 0.5) is 0 Å². The minimum absolute atomic E-state index is 0.289. The van der Waals surface area contributed by atoms with Crippen molar-refractivity contribution in [3.05, 3.63) is 64.7 Å². The maximum atomic E-state index is 5.26. The smallest absolute Gasteiger partial charge is 0.183 e. The highest BCUT2D eigenvalue weighted by Crippen LogP contribution is 2.28. The Bertz CT molecular complexity index is 554. The zero-order valence-corrected chi connectivity index (χ0v) is 13.9. The van der Waals surface area contributed by atoms with Crippen LogP contribution >= 0.6 is 11.8 Å². The van der Waals surface area contributed by atoms with Gasteiger partial charge in [0, 0.05) is 30.4 Å². The average Bonchev–Trinajstić information content (AvgIpc) is 2.49. The van der Waals surface area contributed by atoms with Crippen molar-refractivity contribution in [1.82, 2.24) is 0 Å². The van der Waals surface area contributed by atoms with Crippen molar-refractivity contribution in [2.75, 3.05) is 14.2 Å². The van der Waals surface area contributed by atoms with Crippen LogP contribution in [0.1, 0.15) is 28.5 Å². The monoisotopic (exact) mass is 302 g/mol. The van der Waals surface area contributed by atoms with Crippen LogP contribution in [0.3, 0.4) is 0 Å². The van der Waals surface area contributed by atoms with Crippen molar-refractivity contribution >= 4 is 11.8 Å². The van der Waals surface area contributed by atoms with Crippen LogP contribution in [0.25, 0.3) is 0 Å². The van der Waals surface area contributed by atoms with Crippen molar-refractivity contribution in [2.24, 2.45) is 0 Å². The Hall–Kier alpha value is -1.29. The summed E-state index contributed by atoms with van der Waals surface area (Å²) in [6.07, 6.45) is -0.289. The largest absolute Gasteiger partial charge is 0.352 e. The lowest BCUT2D eigenvalue weighted by molar-refractivity contribution is -0.106. The lowest BCUT2D eigenvalue weighted by atomic mass is 10.1. The molecule has 2 aromatic carbocycles. The first-order chi connectivity index (χ1) is 10.2. The average molecular weight is 302 g/mol. The number of methoxy groups -OCH3 is 2. The Labute approximate surface area is 131 Å². The molecule has 0 aliphatic rings. The van der Waals surface area contributed by atoms with Gasteiger partial charge in [-0.3, -0.25) is 0 Å². The molecule has 0 N–H and O–H groups in total. The van der Waals surface area contributed by atoms with Gasteiger partial charge >= 0.3 is 0 Å². The molecule has 112 valence electrons. The van der Waals surface area contributed by atoms with E-state index in [4.69, 9.17) is 9.47 Å². The predicted octanol–water partition coefficient (Wildman–Crippen LogP) is 4.89. The maximum absolute atomic E-state index is 5.26. The van der Waals surface area contributed by atoms with E-state index in [9.17, 15) is 0 Å². The molecule has 0 aliphatic heterocycles. The quantitative estimate of drug-likeness (QED) is 0.559. The van der Waals surface area contributed by atoms with Gasteiger partial charge in [-0.05, 0) is 42.7 Å². The molecular formula is C18H22O2S. The van der Waals surface area contributed by atoms with Crippen molar-refractivity contribution in [3.63, 3.8) is 0 Å². The third-order valence-electron chi connectivity index (χ3n) is 3.61. The Morgan fingerprint density at radius 2 is 1.48 bits per heavy atom. The van der Waals surface area contributed by atoms with E-state index in [1.165, 1.54) is 21.6 Å². The van der Waals surface area contributed by atoms with E-state index >= 15 is 0 Å². The fourth-order valence-electron chi connectivity index (χ4n) is 2.32. The second-order valence-corrected chi connectivity index (χ2v) is 6.08. The van der Waals surface area contributed by atoms with E-state index in [1.54, 1.807) is 14.2 Å². The molecule has 0 fully saturated rings. The molecule has 0 saturated carbocycles. The Kier molecular flexibility index (Phi) is 5.85. The van der Waals surface area contributed by atoms with Crippen molar-refractivity contribution < 1.29 is 9.47 Å². The van der Waals surface area contributed by atoms with Gasteiger partial charge in [-0.25, -0.2) is 0 Å². The summed E-state index contributed by atoms with van der Waals surface area (Å²) in [5.41, 5.74) is 5.19. The molecule has 21 heavy (non-hydrogen) atoms. The minimum atomic E-state index is -0.289. The molecule has 0 bridgehead atoms. The van der Waals surface area contributed by atoms with E-state index in [0.29, 0.717) is 0 Å². The third kappa shape index (κ3) is 4.10. The van der Waals surface area contributed by atoms with Gasteiger partial charge in [0.2, 0.25) is 0 Å². The van der Waals surface area contributed by atoms with E-state index in [0.717, 1.165) is 11.3 Å². The fraction of sp³-hybridized carbons (Fsp3) is 0.333. The second kappa shape index (κ2) is 7.64. The molecule has 0 amide bonds. The molecule has 0 saturated heterocycles. The highest BCUT2D eigenvalue weighted by molar-refractivity contribution is 7.98. The zero-order valence-electron chi connectivity index (χ0n) is 13.1. The number of rotatable bonds is 6. The molecule has 0 radical (unpaired) electrons. The first-order valence-electron chi connectivity index (χ1n) is 6.99. The van der Waals surface area contributed by atoms with Gasteiger partial charge in [0.05, 0.1) is 0 Å². The Balaban J connectivity index is 2.04. The molecule has 2 nitrogen and oxygen atoms in total. The number of hydrogen-bond donors (Lipinski definition) is 0. The summed E-state index contributed by atoms with van der Waals surface area (Å²) in [6, 6.07) is 14.8.